The SMILES string of the molecule is CCOc1cc(/C=N\NC(=O)Cc2cc(Cl)ccc2SC)cc(Br)c1O. The van der Waals surface area contributed by atoms with Crippen LogP contribution in [0.4, 0.5) is 0 Å². The van der Waals surface area contributed by atoms with E-state index < -0.39 is 0 Å². The lowest BCUT2D eigenvalue weighted by atomic mass is 10.1. The van der Waals surface area contributed by atoms with Crippen LogP contribution < -0.4 is 10.2 Å². The van der Waals surface area contributed by atoms with Crippen LogP contribution in [0.25, 0.3) is 0 Å². The second-order valence-electron chi connectivity index (χ2n) is 5.21. The molecule has 0 spiro atoms. The van der Waals surface area contributed by atoms with Gasteiger partial charge in [0.2, 0.25) is 5.91 Å². The van der Waals surface area contributed by atoms with Gasteiger partial charge in [-0.1, -0.05) is 11.6 Å². The number of nitrogens with zero attached hydrogens (tertiary/aromatic N) is 1. The zero-order valence-corrected chi connectivity index (χ0v) is 17.4. The maximum absolute atomic E-state index is 12.1. The summed E-state index contributed by atoms with van der Waals surface area (Å²) < 4.78 is 5.84. The monoisotopic (exact) mass is 456 g/mol. The average molecular weight is 458 g/mol. The minimum absolute atomic E-state index is 0.0265. The Bertz CT molecular complexity index is 830. The highest BCUT2D eigenvalue weighted by molar-refractivity contribution is 9.10. The summed E-state index contributed by atoms with van der Waals surface area (Å²) in [4.78, 5) is 13.1. The van der Waals surface area contributed by atoms with E-state index in [1.165, 1.54) is 6.21 Å². The summed E-state index contributed by atoms with van der Waals surface area (Å²) in [6.45, 7) is 2.25. The molecule has 0 aliphatic carbocycles. The maximum atomic E-state index is 12.1. The molecule has 2 rings (SSSR count). The molecule has 0 bridgehead atoms. The molecular formula is C18H18BrClN2O3S. The molecule has 0 radical (unpaired) electrons. The van der Waals surface area contributed by atoms with Gasteiger partial charge in [-0.2, -0.15) is 5.10 Å². The number of amides is 1. The predicted octanol–water partition coefficient (Wildman–Crippen LogP) is 4.62. The van der Waals surface area contributed by atoms with Gasteiger partial charge in [0.15, 0.2) is 11.5 Å². The quantitative estimate of drug-likeness (QED) is 0.361. The third kappa shape index (κ3) is 5.65. The summed E-state index contributed by atoms with van der Waals surface area (Å²) in [6, 6.07) is 8.79. The fourth-order valence-corrected chi connectivity index (χ4v) is 3.46. The molecule has 26 heavy (non-hydrogen) atoms. The number of ether oxygens (including phenoxy) is 1. The number of thioether (sulfide) groups is 1. The first kappa shape index (κ1) is 20.6. The third-order valence-electron chi connectivity index (χ3n) is 3.35. The number of carbonyl (C=O) groups is 1. The third-order valence-corrected chi connectivity index (χ3v) is 5.02. The zero-order valence-electron chi connectivity index (χ0n) is 14.3. The summed E-state index contributed by atoms with van der Waals surface area (Å²) in [5.41, 5.74) is 4.02. The summed E-state index contributed by atoms with van der Waals surface area (Å²) in [5, 5.41) is 14.5. The summed E-state index contributed by atoms with van der Waals surface area (Å²) in [6.07, 6.45) is 3.61. The number of halogens is 2. The molecule has 138 valence electrons. The summed E-state index contributed by atoms with van der Waals surface area (Å²) in [7, 11) is 0. The van der Waals surface area contributed by atoms with Gasteiger partial charge in [-0.05, 0) is 70.6 Å². The summed E-state index contributed by atoms with van der Waals surface area (Å²) in [5.74, 6) is 0.124. The Balaban J connectivity index is 2.04. The van der Waals surface area contributed by atoms with E-state index in [0.717, 1.165) is 10.5 Å². The van der Waals surface area contributed by atoms with Crippen molar-refractivity contribution in [2.75, 3.05) is 12.9 Å². The molecule has 2 aromatic carbocycles. The Kier molecular flexibility index (Phi) is 7.81. The van der Waals surface area contributed by atoms with Crippen molar-refractivity contribution in [3.05, 3.63) is 51.0 Å². The lowest BCUT2D eigenvalue weighted by molar-refractivity contribution is -0.120. The molecule has 0 heterocycles. The number of phenols is 1. The topological polar surface area (TPSA) is 70.9 Å². The van der Waals surface area contributed by atoms with Crippen LogP contribution in [0.2, 0.25) is 5.02 Å². The molecule has 0 aromatic heterocycles. The molecule has 0 saturated heterocycles. The highest BCUT2D eigenvalue weighted by Crippen LogP contribution is 2.35. The first-order valence-electron chi connectivity index (χ1n) is 7.74. The Morgan fingerprint density at radius 3 is 2.88 bits per heavy atom. The van der Waals surface area contributed by atoms with E-state index in [9.17, 15) is 9.90 Å². The molecule has 2 aromatic rings. The first-order chi connectivity index (χ1) is 12.4. The van der Waals surface area contributed by atoms with Gasteiger partial charge >= 0.3 is 0 Å². The van der Waals surface area contributed by atoms with Gasteiger partial charge in [0.05, 0.1) is 23.7 Å². The molecular weight excluding hydrogens is 440 g/mol. The standard InChI is InChI=1S/C18H18BrClN2O3S/c1-3-25-15-7-11(6-14(19)18(15)24)10-21-22-17(23)9-12-8-13(20)4-5-16(12)26-2/h4-8,10,24H,3,9H2,1-2H3,(H,22,23)/b21-10-. The van der Waals surface area contributed by atoms with E-state index in [1.54, 1.807) is 36.0 Å². The lowest BCUT2D eigenvalue weighted by Gasteiger charge is -2.08. The van der Waals surface area contributed by atoms with E-state index in [1.807, 2.05) is 19.2 Å². The van der Waals surface area contributed by atoms with E-state index in [0.29, 0.717) is 27.4 Å². The van der Waals surface area contributed by atoms with Crippen LogP contribution >= 0.6 is 39.3 Å². The van der Waals surface area contributed by atoms with Crippen molar-refractivity contribution < 1.29 is 14.6 Å². The minimum Gasteiger partial charge on any atom is -0.503 e. The van der Waals surface area contributed by atoms with Crippen LogP contribution in [0.3, 0.4) is 0 Å². The molecule has 8 heteroatoms. The van der Waals surface area contributed by atoms with Gasteiger partial charge in [-0.15, -0.1) is 11.8 Å². The van der Waals surface area contributed by atoms with Crippen molar-refractivity contribution in [2.24, 2.45) is 5.10 Å². The van der Waals surface area contributed by atoms with Crippen molar-refractivity contribution in [1.82, 2.24) is 5.43 Å². The highest BCUT2D eigenvalue weighted by Gasteiger charge is 2.10. The van der Waals surface area contributed by atoms with Gasteiger partial charge in [0.25, 0.3) is 0 Å². The van der Waals surface area contributed by atoms with Gasteiger partial charge in [-0.25, -0.2) is 5.43 Å². The average Bonchev–Trinajstić information content (AvgIpc) is 2.59. The molecule has 2 N–H and O–H groups in total. The van der Waals surface area contributed by atoms with E-state index in [4.69, 9.17) is 16.3 Å². The number of rotatable bonds is 7. The number of carbonyl (C=O) groups excluding carboxylic acids is 1. The van der Waals surface area contributed by atoms with Crippen LogP contribution in [-0.4, -0.2) is 30.1 Å². The fourth-order valence-electron chi connectivity index (χ4n) is 2.21. The lowest BCUT2D eigenvalue weighted by Crippen LogP contribution is -2.20. The molecule has 0 aliphatic rings. The zero-order chi connectivity index (χ0) is 19.1. The van der Waals surface area contributed by atoms with E-state index >= 15 is 0 Å². The molecule has 1 amide bonds. The minimum atomic E-state index is -0.248. The number of phenolic OH excluding ortho intramolecular Hbond substituents is 1. The van der Waals surface area contributed by atoms with E-state index in [2.05, 4.69) is 26.5 Å². The molecule has 5 nitrogen and oxygen atoms in total. The molecule has 0 atom stereocenters. The van der Waals surface area contributed by atoms with Crippen LogP contribution in [0.1, 0.15) is 18.1 Å². The maximum Gasteiger partial charge on any atom is 0.244 e. The van der Waals surface area contributed by atoms with Gasteiger partial charge in [-0.3, -0.25) is 4.79 Å². The van der Waals surface area contributed by atoms with Crippen molar-refractivity contribution >= 4 is 51.4 Å². The second-order valence-corrected chi connectivity index (χ2v) is 7.35. The normalized spacial score (nSPS) is 10.9. The van der Waals surface area contributed by atoms with Crippen LogP contribution in [0.15, 0.2) is 44.8 Å². The van der Waals surface area contributed by atoms with Gasteiger partial charge < -0.3 is 9.84 Å². The molecule has 0 aliphatic heterocycles. The van der Waals surface area contributed by atoms with Gasteiger partial charge in [0, 0.05) is 9.92 Å². The highest BCUT2D eigenvalue weighted by atomic mass is 79.9. The van der Waals surface area contributed by atoms with Gasteiger partial charge in [0.1, 0.15) is 0 Å². The van der Waals surface area contributed by atoms with Crippen LogP contribution in [0, 0.1) is 0 Å². The van der Waals surface area contributed by atoms with Crippen molar-refractivity contribution in [3.63, 3.8) is 0 Å². The first-order valence-corrected chi connectivity index (χ1v) is 10.1. The number of benzene rings is 2. The Hall–Kier alpha value is -1.70. The Labute approximate surface area is 169 Å². The van der Waals surface area contributed by atoms with Crippen molar-refractivity contribution in [2.45, 2.75) is 18.2 Å². The van der Waals surface area contributed by atoms with Crippen molar-refractivity contribution in [3.8, 4) is 11.5 Å². The Morgan fingerprint density at radius 2 is 2.19 bits per heavy atom. The second kappa shape index (κ2) is 9.85. The molecule has 0 unspecified atom stereocenters. The number of aromatic hydroxyl groups is 1. The smallest absolute Gasteiger partial charge is 0.244 e. The van der Waals surface area contributed by atoms with Crippen LogP contribution in [0.5, 0.6) is 11.5 Å². The largest absolute Gasteiger partial charge is 0.503 e. The fraction of sp³-hybridized carbons (Fsp3) is 0.222. The molecule has 0 saturated carbocycles. The number of nitrogens with one attached hydrogen (secondary N) is 1. The van der Waals surface area contributed by atoms with Crippen molar-refractivity contribution in [1.29, 1.82) is 0 Å². The predicted molar refractivity (Wildman–Crippen MR) is 110 cm³/mol. The number of hydrazone groups is 1. The van der Waals surface area contributed by atoms with Crippen LogP contribution in [-0.2, 0) is 11.2 Å². The molecule has 0 fully saturated rings. The number of hydrogen-bond acceptors (Lipinski definition) is 5. The number of hydrogen-bond donors (Lipinski definition) is 2. The summed E-state index contributed by atoms with van der Waals surface area (Å²) >= 11 is 10.8. The van der Waals surface area contributed by atoms with E-state index in [-0.39, 0.29) is 18.1 Å². The Morgan fingerprint density at radius 1 is 1.42 bits per heavy atom.